The molecule has 1 aromatic heterocycles. The molecule has 1 saturated heterocycles. The SMILES string of the molecule is Cc1ccc(NS(=O)(=O)c2ccc3c(c2)sc(=O)n3CC(=O)N2CCCC2)cc1C. The zero-order chi connectivity index (χ0) is 21.5. The van der Waals surface area contributed by atoms with Gasteiger partial charge in [0.05, 0.1) is 15.1 Å². The molecule has 158 valence electrons. The first-order chi connectivity index (χ1) is 14.2. The average molecular weight is 446 g/mol. The average Bonchev–Trinajstić information content (AvgIpc) is 3.33. The lowest BCUT2D eigenvalue weighted by Gasteiger charge is -2.15. The van der Waals surface area contributed by atoms with E-state index in [1.807, 2.05) is 19.9 Å². The van der Waals surface area contributed by atoms with Crippen LogP contribution in [0.3, 0.4) is 0 Å². The lowest BCUT2D eigenvalue weighted by atomic mass is 10.1. The number of thiazole rings is 1. The fourth-order valence-electron chi connectivity index (χ4n) is 3.58. The molecule has 1 N–H and O–H groups in total. The molecular weight excluding hydrogens is 422 g/mol. The summed E-state index contributed by atoms with van der Waals surface area (Å²) in [5.41, 5.74) is 3.13. The number of aromatic nitrogens is 1. The summed E-state index contributed by atoms with van der Waals surface area (Å²) in [4.78, 5) is 26.5. The van der Waals surface area contributed by atoms with Crippen molar-refractivity contribution in [2.24, 2.45) is 0 Å². The number of hydrogen-bond donors (Lipinski definition) is 1. The van der Waals surface area contributed by atoms with Crippen molar-refractivity contribution in [3.05, 3.63) is 57.2 Å². The Morgan fingerprint density at radius 3 is 2.50 bits per heavy atom. The number of likely N-dealkylation sites (tertiary alicyclic amines) is 1. The summed E-state index contributed by atoms with van der Waals surface area (Å²) in [5.74, 6) is -0.0811. The minimum absolute atomic E-state index is 0.0220. The molecule has 7 nitrogen and oxygen atoms in total. The van der Waals surface area contributed by atoms with Crippen molar-refractivity contribution in [2.75, 3.05) is 17.8 Å². The third-order valence-electron chi connectivity index (χ3n) is 5.46. The Hall–Kier alpha value is -2.65. The molecule has 2 aromatic carbocycles. The van der Waals surface area contributed by atoms with Crippen LogP contribution in [-0.2, 0) is 21.4 Å². The van der Waals surface area contributed by atoms with Gasteiger partial charge in [0.1, 0.15) is 6.54 Å². The van der Waals surface area contributed by atoms with Gasteiger partial charge in [0, 0.05) is 18.8 Å². The van der Waals surface area contributed by atoms with Crippen molar-refractivity contribution in [1.29, 1.82) is 0 Å². The summed E-state index contributed by atoms with van der Waals surface area (Å²) < 4.78 is 30.2. The molecule has 3 aromatic rings. The molecule has 30 heavy (non-hydrogen) atoms. The summed E-state index contributed by atoms with van der Waals surface area (Å²) in [5, 5.41) is 0. The van der Waals surface area contributed by atoms with Crippen LogP contribution in [0.2, 0.25) is 0 Å². The number of aryl methyl sites for hydroxylation is 2. The molecular formula is C21H23N3O4S2. The van der Waals surface area contributed by atoms with Crippen LogP contribution in [0.1, 0.15) is 24.0 Å². The fourth-order valence-corrected chi connectivity index (χ4v) is 5.66. The molecule has 1 aliphatic heterocycles. The third-order valence-corrected chi connectivity index (χ3v) is 7.78. The Bertz CT molecular complexity index is 1290. The van der Waals surface area contributed by atoms with E-state index in [-0.39, 0.29) is 22.2 Å². The monoisotopic (exact) mass is 445 g/mol. The number of sulfonamides is 1. The van der Waals surface area contributed by atoms with Crippen molar-refractivity contribution in [2.45, 2.75) is 38.1 Å². The molecule has 1 amide bonds. The number of benzene rings is 2. The molecule has 0 atom stereocenters. The van der Waals surface area contributed by atoms with Gasteiger partial charge in [-0.15, -0.1) is 0 Å². The molecule has 4 rings (SSSR count). The first kappa shape index (κ1) is 20.6. The van der Waals surface area contributed by atoms with Crippen LogP contribution >= 0.6 is 11.3 Å². The highest BCUT2D eigenvalue weighted by atomic mass is 32.2. The Balaban J connectivity index is 1.62. The Kier molecular flexibility index (Phi) is 5.42. The summed E-state index contributed by atoms with van der Waals surface area (Å²) in [6.45, 7) is 5.31. The van der Waals surface area contributed by atoms with Gasteiger partial charge in [0.25, 0.3) is 10.0 Å². The highest BCUT2D eigenvalue weighted by Gasteiger charge is 2.21. The number of nitrogens with one attached hydrogen (secondary N) is 1. The van der Waals surface area contributed by atoms with Gasteiger partial charge in [0.2, 0.25) is 5.91 Å². The quantitative estimate of drug-likeness (QED) is 0.654. The summed E-state index contributed by atoms with van der Waals surface area (Å²) in [6, 6.07) is 9.91. The van der Waals surface area contributed by atoms with E-state index < -0.39 is 10.0 Å². The zero-order valence-corrected chi connectivity index (χ0v) is 18.5. The number of rotatable bonds is 5. The summed E-state index contributed by atoms with van der Waals surface area (Å²) >= 11 is 0.949. The van der Waals surface area contributed by atoms with Crippen LogP contribution in [-0.4, -0.2) is 36.9 Å². The van der Waals surface area contributed by atoms with Crippen molar-refractivity contribution >= 4 is 43.2 Å². The first-order valence-corrected chi connectivity index (χ1v) is 12.1. The number of anilines is 1. The maximum absolute atomic E-state index is 12.8. The Labute approximate surface area is 179 Å². The number of carbonyl (C=O) groups is 1. The van der Waals surface area contributed by atoms with Gasteiger partial charge < -0.3 is 4.90 Å². The Morgan fingerprint density at radius 1 is 1.07 bits per heavy atom. The predicted octanol–water partition coefficient (Wildman–Crippen LogP) is 3.10. The first-order valence-electron chi connectivity index (χ1n) is 9.76. The minimum Gasteiger partial charge on any atom is -0.341 e. The van der Waals surface area contributed by atoms with Gasteiger partial charge >= 0.3 is 4.87 Å². The van der Waals surface area contributed by atoms with Gasteiger partial charge in [-0.05, 0) is 68.1 Å². The van der Waals surface area contributed by atoms with Crippen LogP contribution < -0.4 is 9.60 Å². The van der Waals surface area contributed by atoms with Crippen LogP contribution in [0.25, 0.3) is 10.2 Å². The number of nitrogens with zero attached hydrogens (tertiary/aromatic N) is 2. The predicted molar refractivity (Wildman–Crippen MR) is 119 cm³/mol. The number of hydrogen-bond acceptors (Lipinski definition) is 5. The minimum atomic E-state index is -3.80. The second kappa shape index (κ2) is 7.88. The number of carbonyl (C=O) groups excluding carboxylic acids is 1. The van der Waals surface area contributed by atoms with E-state index in [2.05, 4.69) is 4.72 Å². The zero-order valence-electron chi connectivity index (χ0n) is 16.8. The van der Waals surface area contributed by atoms with Crippen LogP contribution in [0.15, 0.2) is 46.1 Å². The van der Waals surface area contributed by atoms with E-state index in [9.17, 15) is 18.0 Å². The second-order valence-electron chi connectivity index (χ2n) is 7.58. The summed E-state index contributed by atoms with van der Waals surface area (Å²) in [7, 11) is -3.80. The smallest absolute Gasteiger partial charge is 0.308 e. The van der Waals surface area contributed by atoms with Gasteiger partial charge in [-0.25, -0.2) is 8.42 Å². The molecule has 9 heteroatoms. The molecule has 1 aliphatic rings. The number of fused-ring (bicyclic) bond motifs is 1. The molecule has 0 spiro atoms. The van der Waals surface area contributed by atoms with E-state index in [1.54, 1.807) is 23.1 Å². The highest BCUT2D eigenvalue weighted by molar-refractivity contribution is 7.92. The Morgan fingerprint density at radius 2 is 1.80 bits per heavy atom. The number of amides is 1. The molecule has 0 aliphatic carbocycles. The van der Waals surface area contributed by atoms with E-state index in [0.29, 0.717) is 15.9 Å². The molecule has 0 radical (unpaired) electrons. The summed E-state index contributed by atoms with van der Waals surface area (Å²) in [6.07, 6.45) is 1.97. The second-order valence-corrected chi connectivity index (χ2v) is 10.3. The maximum Gasteiger partial charge on any atom is 0.308 e. The van der Waals surface area contributed by atoms with E-state index in [0.717, 1.165) is 48.4 Å². The maximum atomic E-state index is 12.8. The lowest BCUT2D eigenvalue weighted by molar-refractivity contribution is -0.130. The molecule has 0 saturated carbocycles. The van der Waals surface area contributed by atoms with Crippen LogP contribution in [0.4, 0.5) is 5.69 Å². The standard InChI is InChI=1S/C21H23N3O4S2/c1-14-5-6-16(11-15(14)2)22-30(27,28)17-7-8-18-19(12-17)29-21(26)24(18)13-20(25)23-9-3-4-10-23/h5-8,11-12,22H,3-4,9-10,13H2,1-2H3. The van der Waals surface area contributed by atoms with Crippen molar-refractivity contribution in [3.8, 4) is 0 Å². The van der Waals surface area contributed by atoms with E-state index >= 15 is 0 Å². The molecule has 2 heterocycles. The van der Waals surface area contributed by atoms with E-state index in [4.69, 9.17) is 0 Å². The molecule has 0 bridgehead atoms. The van der Waals surface area contributed by atoms with Crippen molar-refractivity contribution in [3.63, 3.8) is 0 Å². The van der Waals surface area contributed by atoms with Gasteiger partial charge in [0.15, 0.2) is 0 Å². The van der Waals surface area contributed by atoms with Gasteiger partial charge in [-0.3, -0.25) is 18.9 Å². The molecule has 0 unspecified atom stereocenters. The molecule has 1 fully saturated rings. The normalized spacial score (nSPS) is 14.4. The lowest BCUT2D eigenvalue weighted by Crippen LogP contribution is -2.33. The van der Waals surface area contributed by atoms with Gasteiger partial charge in [-0.1, -0.05) is 17.4 Å². The van der Waals surface area contributed by atoms with Crippen molar-refractivity contribution in [1.82, 2.24) is 9.47 Å². The van der Waals surface area contributed by atoms with Gasteiger partial charge in [-0.2, -0.15) is 0 Å². The van der Waals surface area contributed by atoms with Crippen molar-refractivity contribution < 1.29 is 13.2 Å². The highest BCUT2D eigenvalue weighted by Crippen LogP contribution is 2.24. The fraction of sp³-hybridized carbons (Fsp3) is 0.333. The largest absolute Gasteiger partial charge is 0.341 e. The van der Waals surface area contributed by atoms with Crippen LogP contribution in [0, 0.1) is 13.8 Å². The third kappa shape index (κ3) is 3.99. The van der Waals surface area contributed by atoms with Crippen LogP contribution in [0.5, 0.6) is 0 Å². The topological polar surface area (TPSA) is 88.5 Å². The van der Waals surface area contributed by atoms with E-state index in [1.165, 1.54) is 16.7 Å².